The molecule has 0 spiro atoms. The number of rotatable bonds is 6. The summed E-state index contributed by atoms with van der Waals surface area (Å²) in [5.74, 6) is -1.87. The van der Waals surface area contributed by atoms with Gasteiger partial charge in [-0.25, -0.2) is 9.48 Å². The zero-order chi connectivity index (χ0) is 23.7. The molecule has 0 bridgehead atoms. The van der Waals surface area contributed by atoms with Crippen molar-refractivity contribution in [3.63, 3.8) is 0 Å². The normalized spacial score (nSPS) is 10.6. The van der Waals surface area contributed by atoms with Crippen molar-refractivity contribution in [3.05, 3.63) is 89.1 Å². The van der Waals surface area contributed by atoms with E-state index in [0.717, 1.165) is 35.0 Å². The van der Waals surface area contributed by atoms with E-state index in [1.165, 1.54) is 20.0 Å². The van der Waals surface area contributed by atoms with Gasteiger partial charge in [0.1, 0.15) is 5.56 Å². The van der Waals surface area contributed by atoms with E-state index in [1.807, 2.05) is 0 Å². The molecule has 0 saturated carbocycles. The molecule has 2 aromatic carbocycles. The number of benzene rings is 2. The number of aryl methyl sites for hydroxylation is 2. The molecule has 13 heteroatoms. The number of hydrogen-bond acceptors (Lipinski definition) is 8. The largest absolute Gasteiger partial charge is 0.403 e. The number of hydrogen-bond donors (Lipinski definition) is 0. The maximum atomic E-state index is 13.1. The second-order valence-electron chi connectivity index (χ2n) is 6.45. The molecule has 164 valence electrons. The van der Waals surface area contributed by atoms with Gasteiger partial charge in [-0.15, -0.1) is 0 Å². The number of ether oxygens (including phenoxy) is 1. The van der Waals surface area contributed by atoms with Crippen molar-refractivity contribution in [2.24, 2.45) is 7.05 Å². The van der Waals surface area contributed by atoms with E-state index in [4.69, 9.17) is 27.9 Å². The Balaban J connectivity index is 1.99. The summed E-state index contributed by atoms with van der Waals surface area (Å²) in [5, 5.41) is 25.5. The number of nitro benzene ring substituents is 2. The van der Waals surface area contributed by atoms with E-state index in [-0.39, 0.29) is 49.7 Å². The molecule has 0 radical (unpaired) electrons. The number of aromatic nitrogens is 2. The predicted octanol–water partition coefficient (Wildman–Crippen LogP) is 4.30. The molecule has 3 aromatic rings. The van der Waals surface area contributed by atoms with Gasteiger partial charge >= 0.3 is 5.97 Å². The monoisotopic (exact) mass is 478 g/mol. The van der Waals surface area contributed by atoms with Crippen LogP contribution in [0.15, 0.2) is 36.4 Å². The number of halogens is 2. The van der Waals surface area contributed by atoms with Gasteiger partial charge in [0.2, 0.25) is 11.7 Å². The molecule has 3 rings (SSSR count). The molecule has 0 aliphatic heterocycles. The van der Waals surface area contributed by atoms with Crippen molar-refractivity contribution >= 4 is 46.3 Å². The lowest BCUT2D eigenvalue weighted by molar-refractivity contribution is -0.385. The second kappa shape index (κ2) is 8.73. The molecule has 0 aliphatic rings. The zero-order valence-corrected chi connectivity index (χ0v) is 17.9. The summed E-state index contributed by atoms with van der Waals surface area (Å²) in [7, 11) is 1.43. The molecule has 0 saturated heterocycles. The van der Waals surface area contributed by atoms with Crippen LogP contribution in [-0.4, -0.2) is 31.4 Å². The van der Waals surface area contributed by atoms with Crippen LogP contribution in [0, 0.1) is 27.2 Å². The molecule has 11 nitrogen and oxygen atoms in total. The highest BCUT2D eigenvalue weighted by Crippen LogP contribution is 2.31. The van der Waals surface area contributed by atoms with Crippen molar-refractivity contribution in [2.45, 2.75) is 6.92 Å². The molecule has 0 amide bonds. The second-order valence-corrected chi connectivity index (χ2v) is 7.26. The molecule has 0 unspecified atom stereocenters. The average molecular weight is 479 g/mol. The first-order valence-electron chi connectivity index (χ1n) is 8.69. The summed E-state index contributed by atoms with van der Waals surface area (Å²) < 4.78 is 6.50. The van der Waals surface area contributed by atoms with E-state index in [0.29, 0.717) is 0 Å². The number of nitro groups is 2. The lowest BCUT2D eigenvalue weighted by Crippen LogP contribution is -2.14. The van der Waals surface area contributed by atoms with Gasteiger partial charge < -0.3 is 4.74 Å². The highest BCUT2D eigenvalue weighted by molar-refractivity contribution is 6.35. The molecular weight excluding hydrogens is 467 g/mol. The molecule has 0 atom stereocenters. The van der Waals surface area contributed by atoms with Crippen LogP contribution < -0.4 is 4.74 Å². The van der Waals surface area contributed by atoms with Crippen LogP contribution in [-0.2, 0) is 7.05 Å². The van der Waals surface area contributed by atoms with E-state index in [9.17, 15) is 29.8 Å². The van der Waals surface area contributed by atoms with Gasteiger partial charge in [0.25, 0.3) is 11.4 Å². The van der Waals surface area contributed by atoms with Crippen LogP contribution >= 0.6 is 23.2 Å². The SMILES string of the molecule is Cc1nn(C)c(OC(=O)c2ccc([N+](=O)[O-])cc2Cl)c1C(=O)c1ccc([N+](=O)[O-])cc1Cl. The highest BCUT2D eigenvalue weighted by Gasteiger charge is 2.28. The van der Waals surface area contributed by atoms with Crippen molar-refractivity contribution < 1.29 is 24.2 Å². The number of carbonyl (C=O) groups excluding carboxylic acids is 2. The minimum absolute atomic E-state index is 0.0565. The van der Waals surface area contributed by atoms with E-state index in [2.05, 4.69) is 5.10 Å². The zero-order valence-electron chi connectivity index (χ0n) is 16.4. The maximum absolute atomic E-state index is 13.1. The molecule has 1 heterocycles. The third kappa shape index (κ3) is 4.29. The van der Waals surface area contributed by atoms with E-state index < -0.39 is 21.6 Å². The fraction of sp³-hybridized carbons (Fsp3) is 0.105. The number of carbonyl (C=O) groups is 2. The molecule has 1 aromatic heterocycles. The quantitative estimate of drug-likeness (QED) is 0.220. The Hall–Kier alpha value is -3.83. The summed E-state index contributed by atoms with van der Waals surface area (Å²) in [5.41, 5.74) is -0.707. The number of nitrogens with zero attached hydrogens (tertiary/aromatic N) is 4. The molecule has 0 aliphatic carbocycles. The minimum atomic E-state index is -0.975. The third-order valence-electron chi connectivity index (χ3n) is 4.38. The molecule has 0 fully saturated rings. The van der Waals surface area contributed by atoms with Gasteiger partial charge in [0.05, 0.1) is 31.1 Å². The predicted molar refractivity (Wildman–Crippen MR) is 113 cm³/mol. The van der Waals surface area contributed by atoms with Crippen LogP contribution in [0.4, 0.5) is 11.4 Å². The van der Waals surface area contributed by atoms with Gasteiger partial charge in [-0.2, -0.15) is 5.10 Å². The van der Waals surface area contributed by atoms with Crippen LogP contribution in [0.1, 0.15) is 32.0 Å². The summed E-state index contributed by atoms with van der Waals surface area (Å²) in [6.07, 6.45) is 0. The average Bonchev–Trinajstić information content (AvgIpc) is 2.99. The summed E-state index contributed by atoms with van der Waals surface area (Å²) in [4.78, 5) is 46.2. The van der Waals surface area contributed by atoms with Crippen LogP contribution in [0.3, 0.4) is 0 Å². The summed E-state index contributed by atoms with van der Waals surface area (Å²) in [6.45, 7) is 1.50. The fourth-order valence-electron chi connectivity index (χ4n) is 2.88. The first-order valence-corrected chi connectivity index (χ1v) is 9.45. The van der Waals surface area contributed by atoms with Crippen LogP contribution in [0.25, 0.3) is 0 Å². The van der Waals surface area contributed by atoms with Gasteiger partial charge in [-0.05, 0) is 19.1 Å². The first kappa shape index (κ1) is 22.8. The summed E-state index contributed by atoms with van der Waals surface area (Å²) >= 11 is 12.0. The van der Waals surface area contributed by atoms with E-state index in [1.54, 1.807) is 0 Å². The smallest absolute Gasteiger partial charge is 0.346 e. The van der Waals surface area contributed by atoms with Crippen LogP contribution in [0.5, 0.6) is 5.88 Å². The number of esters is 1. The van der Waals surface area contributed by atoms with Gasteiger partial charge in [-0.1, -0.05) is 23.2 Å². The van der Waals surface area contributed by atoms with Gasteiger partial charge in [0, 0.05) is 36.9 Å². The molecule has 0 N–H and O–H groups in total. The van der Waals surface area contributed by atoms with Crippen molar-refractivity contribution in [3.8, 4) is 5.88 Å². The minimum Gasteiger partial charge on any atom is -0.403 e. The van der Waals surface area contributed by atoms with Gasteiger partial charge in [-0.3, -0.25) is 25.0 Å². The Kier molecular flexibility index (Phi) is 6.23. The van der Waals surface area contributed by atoms with Crippen molar-refractivity contribution in [2.75, 3.05) is 0 Å². The molecular formula is C19H12Cl2N4O7. The Morgan fingerprint density at radius 3 is 1.94 bits per heavy atom. The standard InChI is InChI=1S/C19H12Cl2N4O7/c1-9-16(17(26)12-5-3-10(24(28)29)7-14(12)20)18(23(2)22-9)32-19(27)13-6-4-11(25(30)31)8-15(13)21/h3-8H,1-2H3. The Morgan fingerprint density at radius 1 is 0.969 bits per heavy atom. The van der Waals surface area contributed by atoms with E-state index >= 15 is 0 Å². The number of non-ortho nitro benzene ring substituents is 2. The Morgan fingerprint density at radius 2 is 1.47 bits per heavy atom. The van der Waals surface area contributed by atoms with Gasteiger partial charge in [0.15, 0.2) is 0 Å². The maximum Gasteiger partial charge on any atom is 0.346 e. The van der Waals surface area contributed by atoms with Crippen LogP contribution in [0.2, 0.25) is 10.0 Å². The summed E-state index contributed by atoms with van der Waals surface area (Å²) in [6, 6.07) is 6.54. The fourth-order valence-corrected chi connectivity index (χ4v) is 3.39. The van der Waals surface area contributed by atoms with Crippen molar-refractivity contribution in [1.82, 2.24) is 9.78 Å². The lowest BCUT2D eigenvalue weighted by atomic mass is 10.0. The number of ketones is 1. The van der Waals surface area contributed by atoms with Crippen molar-refractivity contribution in [1.29, 1.82) is 0 Å². The topological polar surface area (TPSA) is 147 Å². The Bertz CT molecular complexity index is 1300. The first-order chi connectivity index (χ1) is 15.0. The molecule has 32 heavy (non-hydrogen) atoms. The third-order valence-corrected chi connectivity index (χ3v) is 5.00. The highest BCUT2D eigenvalue weighted by atomic mass is 35.5. The lowest BCUT2D eigenvalue weighted by Gasteiger charge is -2.09. The Labute approximate surface area is 189 Å².